The van der Waals surface area contributed by atoms with Crippen molar-refractivity contribution in [3.63, 3.8) is 0 Å². The van der Waals surface area contributed by atoms with Crippen molar-refractivity contribution in [3.05, 3.63) is 57.2 Å². The SMILES string of the molecule is O=C(CSc1nnc(-c2ccccc2[N+](=O)[O-])o1)Nc1ccc(Br)cn1. The molecule has 132 valence electrons. The van der Waals surface area contributed by atoms with Gasteiger partial charge < -0.3 is 9.73 Å². The van der Waals surface area contributed by atoms with Crippen LogP contribution < -0.4 is 5.32 Å². The Morgan fingerprint density at radius 1 is 1.27 bits per heavy atom. The molecule has 0 aliphatic carbocycles. The topological polar surface area (TPSA) is 124 Å². The fraction of sp³-hybridized carbons (Fsp3) is 0.0667. The molecule has 0 unspecified atom stereocenters. The minimum atomic E-state index is -0.523. The van der Waals surface area contributed by atoms with Gasteiger partial charge in [0.25, 0.3) is 16.8 Å². The zero-order chi connectivity index (χ0) is 18.5. The Labute approximate surface area is 159 Å². The Hall–Kier alpha value is -2.79. The van der Waals surface area contributed by atoms with Gasteiger partial charge in [-0.3, -0.25) is 14.9 Å². The molecule has 9 nitrogen and oxygen atoms in total. The van der Waals surface area contributed by atoms with Gasteiger partial charge in [0.2, 0.25) is 5.91 Å². The Morgan fingerprint density at radius 3 is 2.81 bits per heavy atom. The second-order valence-electron chi connectivity index (χ2n) is 4.85. The molecular formula is C15H10BrN5O4S. The quantitative estimate of drug-likeness (QED) is 0.354. The summed E-state index contributed by atoms with van der Waals surface area (Å²) in [5.74, 6) is 0.172. The minimum Gasteiger partial charge on any atom is -0.411 e. The Bertz CT molecular complexity index is 947. The van der Waals surface area contributed by atoms with Crippen molar-refractivity contribution < 1.29 is 14.1 Å². The van der Waals surface area contributed by atoms with E-state index >= 15 is 0 Å². The van der Waals surface area contributed by atoms with Crippen LogP contribution in [0, 0.1) is 10.1 Å². The van der Waals surface area contributed by atoms with Crippen LogP contribution >= 0.6 is 27.7 Å². The predicted molar refractivity (Wildman–Crippen MR) is 97.7 cm³/mol. The average Bonchev–Trinajstić information content (AvgIpc) is 3.11. The number of carbonyl (C=O) groups is 1. The molecule has 0 spiro atoms. The molecule has 0 saturated heterocycles. The maximum absolute atomic E-state index is 11.9. The summed E-state index contributed by atoms with van der Waals surface area (Å²) in [4.78, 5) is 26.5. The van der Waals surface area contributed by atoms with Crippen LogP contribution in [0.2, 0.25) is 0 Å². The molecule has 1 amide bonds. The first-order chi connectivity index (χ1) is 12.5. The molecule has 0 atom stereocenters. The summed E-state index contributed by atoms with van der Waals surface area (Å²) in [5.41, 5.74) is 0.0899. The van der Waals surface area contributed by atoms with Gasteiger partial charge in [-0.1, -0.05) is 23.9 Å². The number of thioether (sulfide) groups is 1. The van der Waals surface area contributed by atoms with Gasteiger partial charge >= 0.3 is 0 Å². The maximum Gasteiger partial charge on any atom is 0.282 e. The molecule has 0 aliphatic heterocycles. The van der Waals surface area contributed by atoms with E-state index in [9.17, 15) is 14.9 Å². The number of nitrogens with zero attached hydrogens (tertiary/aromatic N) is 4. The number of nitro benzene ring substituents is 1. The van der Waals surface area contributed by atoms with Crippen LogP contribution in [0.15, 0.2) is 56.7 Å². The Balaban J connectivity index is 1.63. The van der Waals surface area contributed by atoms with Crippen LogP contribution in [-0.2, 0) is 4.79 Å². The number of pyridine rings is 1. The largest absolute Gasteiger partial charge is 0.411 e. The third-order valence-electron chi connectivity index (χ3n) is 3.06. The standard InChI is InChI=1S/C15H10BrN5O4S/c16-9-5-6-12(17-7-9)18-13(22)8-26-15-20-19-14(25-15)10-3-1-2-4-11(10)21(23)24/h1-7H,8H2,(H,17,18,22). The van der Waals surface area contributed by atoms with Crippen molar-refractivity contribution in [1.29, 1.82) is 0 Å². The van der Waals surface area contributed by atoms with Crippen molar-refractivity contribution in [2.24, 2.45) is 0 Å². The number of halogens is 1. The maximum atomic E-state index is 11.9. The van der Waals surface area contributed by atoms with Gasteiger partial charge in [-0.05, 0) is 34.1 Å². The first-order valence-corrected chi connectivity index (χ1v) is 8.92. The fourth-order valence-electron chi connectivity index (χ4n) is 1.95. The molecule has 0 aliphatic rings. The van der Waals surface area contributed by atoms with E-state index in [-0.39, 0.29) is 34.0 Å². The van der Waals surface area contributed by atoms with Crippen molar-refractivity contribution in [2.75, 3.05) is 11.1 Å². The first-order valence-electron chi connectivity index (χ1n) is 7.14. The third-order valence-corrected chi connectivity index (χ3v) is 4.35. The summed E-state index contributed by atoms with van der Waals surface area (Å²) in [6.45, 7) is 0. The monoisotopic (exact) mass is 435 g/mol. The van der Waals surface area contributed by atoms with Gasteiger partial charge in [0.05, 0.1) is 10.7 Å². The molecule has 1 N–H and O–H groups in total. The highest BCUT2D eigenvalue weighted by Gasteiger charge is 2.20. The predicted octanol–water partition coefficient (Wildman–Crippen LogP) is 3.53. The molecule has 0 radical (unpaired) electrons. The molecular weight excluding hydrogens is 426 g/mol. The fourth-order valence-corrected chi connectivity index (χ4v) is 2.74. The van der Waals surface area contributed by atoms with E-state index in [1.165, 1.54) is 12.1 Å². The number of amides is 1. The van der Waals surface area contributed by atoms with Crippen LogP contribution in [0.1, 0.15) is 0 Å². The smallest absolute Gasteiger partial charge is 0.282 e. The lowest BCUT2D eigenvalue weighted by molar-refractivity contribution is -0.384. The molecule has 0 fully saturated rings. The van der Waals surface area contributed by atoms with E-state index in [1.54, 1.807) is 30.5 Å². The highest BCUT2D eigenvalue weighted by atomic mass is 79.9. The lowest BCUT2D eigenvalue weighted by Crippen LogP contribution is -2.14. The van der Waals surface area contributed by atoms with Crippen LogP contribution in [0.25, 0.3) is 11.5 Å². The molecule has 0 saturated carbocycles. The summed E-state index contributed by atoms with van der Waals surface area (Å²) in [5, 5.41) is 21.4. The van der Waals surface area contributed by atoms with Gasteiger partial charge in [0.15, 0.2) is 0 Å². The number of nitrogens with one attached hydrogen (secondary N) is 1. The number of anilines is 1. The first kappa shape index (κ1) is 18.0. The van der Waals surface area contributed by atoms with Crippen molar-refractivity contribution >= 4 is 45.1 Å². The molecule has 3 aromatic rings. The summed E-state index contributed by atoms with van der Waals surface area (Å²) < 4.78 is 6.22. The van der Waals surface area contributed by atoms with E-state index in [0.717, 1.165) is 16.2 Å². The molecule has 2 heterocycles. The molecule has 0 bridgehead atoms. The summed E-state index contributed by atoms with van der Waals surface area (Å²) in [6.07, 6.45) is 1.57. The summed E-state index contributed by atoms with van der Waals surface area (Å²) >= 11 is 4.28. The van der Waals surface area contributed by atoms with Crippen molar-refractivity contribution in [1.82, 2.24) is 15.2 Å². The van der Waals surface area contributed by atoms with Crippen LogP contribution in [0.4, 0.5) is 11.5 Å². The highest BCUT2D eigenvalue weighted by Crippen LogP contribution is 2.30. The lowest BCUT2D eigenvalue weighted by atomic mass is 10.2. The van der Waals surface area contributed by atoms with E-state index in [4.69, 9.17) is 4.42 Å². The molecule has 26 heavy (non-hydrogen) atoms. The third kappa shape index (κ3) is 4.43. The average molecular weight is 436 g/mol. The van der Waals surface area contributed by atoms with E-state index in [1.807, 2.05) is 0 Å². The number of hydrogen-bond donors (Lipinski definition) is 1. The molecule has 3 rings (SSSR count). The van der Waals surface area contributed by atoms with Gasteiger partial charge in [0.1, 0.15) is 11.4 Å². The summed E-state index contributed by atoms with van der Waals surface area (Å²) in [6, 6.07) is 9.47. The number of hydrogen-bond acceptors (Lipinski definition) is 8. The van der Waals surface area contributed by atoms with Gasteiger partial charge in [-0.25, -0.2) is 4.98 Å². The Morgan fingerprint density at radius 2 is 2.08 bits per heavy atom. The lowest BCUT2D eigenvalue weighted by Gasteiger charge is -2.02. The highest BCUT2D eigenvalue weighted by molar-refractivity contribution is 9.10. The van der Waals surface area contributed by atoms with Crippen LogP contribution in [0.3, 0.4) is 0 Å². The second kappa shape index (κ2) is 8.06. The van der Waals surface area contributed by atoms with Gasteiger partial charge in [-0.2, -0.15) is 0 Å². The number of benzene rings is 1. The van der Waals surface area contributed by atoms with Gasteiger partial charge in [0, 0.05) is 16.7 Å². The minimum absolute atomic E-state index is 0.0229. The van der Waals surface area contributed by atoms with Crippen molar-refractivity contribution in [3.8, 4) is 11.5 Å². The van der Waals surface area contributed by atoms with E-state index in [0.29, 0.717) is 5.82 Å². The number of para-hydroxylation sites is 1. The van der Waals surface area contributed by atoms with Gasteiger partial charge in [-0.15, -0.1) is 10.2 Å². The van der Waals surface area contributed by atoms with Crippen molar-refractivity contribution in [2.45, 2.75) is 5.22 Å². The number of aromatic nitrogens is 3. The zero-order valence-electron chi connectivity index (χ0n) is 13.0. The molecule has 11 heteroatoms. The number of rotatable bonds is 6. The molecule has 1 aromatic carbocycles. The Kier molecular flexibility index (Phi) is 5.58. The number of carbonyl (C=O) groups excluding carboxylic acids is 1. The van der Waals surface area contributed by atoms with Crippen LogP contribution in [0.5, 0.6) is 0 Å². The second-order valence-corrected chi connectivity index (χ2v) is 6.69. The molecule has 2 aromatic heterocycles. The summed E-state index contributed by atoms with van der Waals surface area (Å²) in [7, 11) is 0. The number of nitro groups is 1. The van der Waals surface area contributed by atoms with E-state index in [2.05, 4.69) is 36.4 Å². The van der Waals surface area contributed by atoms with E-state index < -0.39 is 4.92 Å². The normalized spacial score (nSPS) is 10.5. The van der Waals surface area contributed by atoms with Crippen LogP contribution in [-0.4, -0.2) is 31.8 Å². The zero-order valence-corrected chi connectivity index (χ0v) is 15.4.